The maximum atomic E-state index is 10.7. The Balaban J connectivity index is 2.14. The molecular weight excluding hydrogens is 162 g/mol. The molecule has 0 bridgehead atoms. The van der Waals surface area contributed by atoms with E-state index in [0.717, 1.165) is 12.8 Å². The van der Waals surface area contributed by atoms with Crippen LogP contribution in [0.5, 0.6) is 0 Å². The zero-order chi connectivity index (χ0) is 8.48. The van der Waals surface area contributed by atoms with Gasteiger partial charge >= 0.3 is 0 Å². The molecule has 1 saturated heterocycles. The Morgan fingerprint density at radius 3 is 2.45 bits per heavy atom. The maximum Gasteiger partial charge on any atom is 0.150 e. The van der Waals surface area contributed by atoms with Crippen molar-refractivity contribution >= 4 is 9.84 Å². The molecule has 11 heavy (non-hydrogen) atoms. The van der Waals surface area contributed by atoms with Crippen molar-refractivity contribution < 1.29 is 8.42 Å². The molecule has 3 nitrogen and oxygen atoms in total. The second kappa shape index (κ2) is 3.11. The summed E-state index contributed by atoms with van der Waals surface area (Å²) >= 11 is 0. The van der Waals surface area contributed by atoms with Crippen molar-refractivity contribution in [2.24, 2.45) is 11.7 Å². The van der Waals surface area contributed by atoms with Crippen LogP contribution in [0.2, 0.25) is 0 Å². The first kappa shape index (κ1) is 9.00. The summed E-state index contributed by atoms with van der Waals surface area (Å²) in [7, 11) is -2.62. The summed E-state index contributed by atoms with van der Waals surface area (Å²) in [6.07, 6.45) is 1.91. The number of rotatable bonds is 3. The van der Waals surface area contributed by atoms with Gasteiger partial charge in [-0.15, -0.1) is 0 Å². The van der Waals surface area contributed by atoms with E-state index in [4.69, 9.17) is 5.73 Å². The third-order valence-electron chi connectivity index (χ3n) is 2.01. The van der Waals surface area contributed by atoms with E-state index in [1.807, 2.05) is 6.92 Å². The summed E-state index contributed by atoms with van der Waals surface area (Å²) in [6.45, 7) is 1.95. The predicted octanol–water partition coefficient (Wildman–Crippen LogP) is 0.158. The Morgan fingerprint density at radius 1 is 1.55 bits per heavy atom. The van der Waals surface area contributed by atoms with Crippen LogP contribution in [0.15, 0.2) is 0 Å². The molecule has 2 N–H and O–H groups in total. The van der Waals surface area contributed by atoms with E-state index in [2.05, 4.69) is 0 Å². The first-order valence-electron chi connectivity index (χ1n) is 3.95. The van der Waals surface area contributed by atoms with Crippen molar-refractivity contribution in [1.29, 1.82) is 0 Å². The average molecular weight is 177 g/mol. The summed E-state index contributed by atoms with van der Waals surface area (Å²) < 4.78 is 21.4. The highest BCUT2D eigenvalue weighted by Crippen LogP contribution is 2.22. The lowest BCUT2D eigenvalue weighted by atomic mass is 10.0. The van der Waals surface area contributed by atoms with Crippen LogP contribution in [0.3, 0.4) is 0 Å². The molecule has 0 saturated carbocycles. The normalized spacial score (nSPS) is 26.0. The SMILES string of the molecule is CC(N)CCC1CS(=O)(=O)C1. The summed E-state index contributed by atoms with van der Waals surface area (Å²) in [5, 5.41) is 0. The summed E-state index contributed by atoms with van der Waals surface area (Å²) in [6, 6.07) is 0.207. The van der Waals surface area contributed by atoms with Crippen molar-refractivity contribution in [3.63, 3.8) is 0 Å². The molecule has 0 aromatic rings. The van der Waals surface area contributed by atoms with Crippen LogP contribution in [-0.2, 0) is 9.84 Å². The lowest BCUT2D eigenvalue weighted by Gasteiger charge is -2.25. The molecule has 1 fully saturated rings. The molecule has 1 aliphatic heterocycles. The van der Waals surface area contributed by atoms with Crippen LogP contribution in [0.25, 0.3) is 0 Å². The quantitative estimate of drug-likeness (QED) is 0.668. The van der Waals surface area contributed by atoms with Gasteiger partial charge in [0.25, 0.3) is 0 Å². The van der Waals surface area contributed by atoms with E-state index in [9.17, 15) is 8.42 Å². The molecule has 1 atom stereocenters. The van der Waals surface area contributed by atoms with Gasteiger partial charge in [0.1, 0.15) is 0 Å². The molecular formula is C7H15NO2S. The first-order chi connectivity index (χ1) is 4.99. The van der Waals surface area contributed by atoms with Gasteiger partial charge in [-0.05, 0) is 25.7 Å². The van der Waals surface area contributed by atoms with Gasteiger partial charge in [-0.3, -0.25) is 0 Å². The Kier molecular flexibility index (Phi) is 2.54. The topological polar surface area (TPSA) is 60.2 Å². The van der Waals surface area contributed by atoms with Crippen LogP contribution < -0.4 is 5.73 Å². The molecule has 1 unspecified atom stereocenters. The largest absolute Gasteiger partial charge is 0.328 e. The maximum absolute atomic E-state index is 10.7. The molecule has 0 radical (unpaired) electrons. The molecule has 4 heteroatoms. The number of nitrogens with two attached hydrogens (primary N) is 1. The monoisotopic (exact) mass is 177 g/mol. The van der Waals surface area contributed by atoms with Gasteiger partial charge in [0.2, 0.25) is 0 Å². The van der Waals surface area contributed by atoms with E-state index in [1.54, 1.807) is 0 Å². The second-order valence-electron chi connectivity index (χ2n) is 3.50. The molecule has 1 heterocycles. The molecule has 1 rings (SSSR count). The minimum absolute atomic E-state index is 0.207. The fourth-order valence-electron chi connectivity index (χ4n) is 1.33. The molecule has 0 spiro atoms. The van der Waals surface area contributed by atoms with Gasteiger partial charge in [-0.25, -0.2) is 8.42 Å². The third kappa shape index (κ3) is 2.79. The first-order valence-corrected chi connectivity index (χ1v) is 5.78. The lowest BCUT2D eigenvalue weighted by molar-refractivity contribution is 0.467. The average Bonchev–Trinajstić information content (AvgIpc) is 1.78. The number of sulfone groups is 1. The highest BCUT2D eigenvalue weighted by Gasteiger charge is 2.32. The molecule has 0 aromatic carbocycles. The van der Waals surface area contributed by atoms with Crippen molar-refractivity contribution in [3.8, 4) is 0 Å². The van der Waals surface area contributed by atoms with E-state index in [0.29, 0.717) is 17.4 Å². The Morgan fingerprint density at radius 2 is 2.09 bits per heavy atom. The fraction of sp³-hybridized carbons (Fsp3) is 1.00. The van der Waals surface area contributed by atoms with E-state index < -0.39 is 9.84 Å². The van der Waals surface area contributed by atoms with Crippen LogP contribution in [0.1, 0.15) is 19.8 Å². The standard InChI is InChI=1S/C7H15NO2S/c1-6(8)2-3-7-4-11(9,10)5-7/h6-7H,2-5,8H2,1H3. The minimum Gasteiger partial charge on any atom is -0.328 e. The summed E-state index contributed by atoms with van der Waals surface area (Å²) in [5.74, 6) is 1.17. The fourth-order valence-corrected chi connectivity index (χ4v) is 3.01. The van der Waals surface area contributed by atoms with Gasteiger partial charge in [0.15, 0.2) is 9.84 Å². The van der Waals surface area contributed by atoms with Crippen molar-refractivity contribution in [1.82, 2.24) is 0 Å². The van der Waals surface area contributed by atoms with E-state index in [1.165, 1.54) is 0 Å². The van der Waals surface area contributed by atoms with Gasteiger partial charge < -0.3 is 5.73 Å². The van der Waals surface area contributed by atoms with E-state index >= 15 is 0 Å². The van der Waals surface area contributed by atoms with Crippen LogP contribution in [0, 0.1) is 5.92 Å². The molecule has 0 aromatic heterocycles. The highest BCUT2D eigenvalue weighted by molar-refractivity contribution is 7.92. The Bertz CT molecular complexity index is 209. The van der Waals surface area contributed by atoms with Crippen LogP contribution in [-0.4, -0.2) is 26.0 Å². The highest BCUT2D eigenvalue weighted by atomic mass is 32.2. The zero-order valence-corrected chi connectivity index (χ0v) is 7.60. The molecule has 0 amide bonds. The zero-order valence-electron chi connectivity index (χ0n) is 6.79. The van der Waals surface area contributed by atoms with E-state index in [-0.39, 0.29) is 6.04 Å². The summed E-state index contributed by atoms with van der Waals surface area (Å²) in [4.78, 5) is 0. The number of hydrogen-bond acceptors (Lipinski definition) is 3. The van der Waals surface area contributed by atoms with Crippen molar-refractivity contribution in [2.45, 2.75) is 25.8 Å². The smallest absolute Gasteiger partial charge is 0.150 e. The van der Waals surface area contributed by atoms with Crippen molar-refractivity contribution in [3.05, 3.63) is 0 Å². The Labute approximate surface area is 67.9 Å². The predicted molar refractivity (Wildman–Crippen MR) is 45.0 cm³/mol. The van der Waals surface area contributed by atoms with Crippen LogP contribution in [0.4, 0.5) is 0 Å². The second-order valence-corrected chi connectivity index (χ2v) is 5.65. The lowest BCUT2D eigenvalue weighted by Crippen LogP contribution is -2.36. The van der Waals surface area contributed by atoms with Crippen molar-refractivity contribution in [2.75, 3.05) is 11.5 Å². The van der Waals surface area contributed by atoms with Crippen LogP contribution >= 0.6 is 0 Å². The molecule has 0 aliphatic carbocycles. The number of hydrogen-bond donors (Lipinski definition) is 1. The summed E-state index contributed by atoms with van der Waals surface area (Å²) in [5.41, 5.74) is 5.54. The molecule has 66 valence electrons. The van der Waals surface area contributed by atoms with Gasteiger partial charge in [-0.2, -0.15) is 0 Å². The molecule has 1 aliphatic rings. The minimum atomic E-state index is -2.62. The van der Waals surface area contributed by atoms with Gasteiger partial charge in [0.05, 0.1) is 11.5 Å². The van der Waals surface area contributed by atoms with Gasteiger partial charge in [0, 0.05) is 6.04 Å². The van der Waals surface area contributed by atoms with Gasteiger partial charge in [-0.1, -0.05) is 0 Å². The Hall–Kier alpha value is -0.0900. The third-order valence-corrected chi connectivity index (χ3v) is 3.97.